The molecule has 0 bridgehead atoms. The Bertz CT molecular complexity index is 596. The summed E-state index contributed by atoms with van der Waals surface area (Å²) in [5.74, 6) is 0.794. The summed E-state index contributed by atoms with van der Waals surface area (Å²) in [5, 5.41) is 13.1. The Balaban J connectivity index is 2.28. The minimum Gasteiger partial charge on any atom is -0.497 e. The number of nitrogens with two attached hydrogens (primary N) is 1. The van der Waals surface area contributed by atoms with Gasteiger partial charge in [0.1, 0.15) is 22.4 Å². The van der Waals surface area contributed by atoms with E-state index in [1.807, 2.05) is 31.2 Å². The molecular formula is C13H13N3OS. The largest absolute Gasteiger partial charge is 0.497 e. The summed E-state index contributed by atoms with van der Waals surface area (Å²) in [4.78, 5) is 0.947. The fourth-order valence-electron chi connectivity index (χ4n) is 1.56. The Morgan fingerprint density at radius 3 is 2.56 bits per heavy atom. The number of nitriles is 1. The zero-order chi connectivity index (χ0) is 13.1. The van der Waals surface area contributed by atoms with Crippen molar-refractivity contribution in [2.24, 2.45) is 0 Å². The van der Waals surface area contributed by atoms with Crippen molar-refractivity contribution in [2.75, 3.05) is 18.2 Å². The highest BCUT2D eigenvalue weighted by molar-refractivity contribution is 7.17. The molecule has 0 aliphatic rings. The van der Waals surface area contributed by atoms with Crippen molar-refractivity contribution in [1.29, 1.82) is 5.26 Å². The second kappa shape index (κ2) is 4.98. The highest BCUT2D eigenvalue weighted by Crippen LogP contribution is 2.36. The third-order valence-electron chi connectivity index (χ3n) is 2.59. The molecule has 18 heavy (non-hydrogen) atoms. The topological polar surface area (TPSA) is 71.1 Å². The Morgan fingerprint density at radius 2 is 2.00 bits per heavy atom. The van der Waals surface area contributed by atoms with Crippen molar-refractivity contribution in [3.8, 4) is 11.8 Å². The van der Waals surface area contributed by atoms with Crippen LogP contribution in [0.25, 0.3) is 0 Å². The van der Waals surface area contributed by atoms with E-state index in [1.54, 1.807) is 7.11 Å². The molecule has 2 aromatic rings. The maximum absolute atomic E-state index is 9.09. The predicted octanol–water partition coefficient (Wildman–Crippen LogP) is 3.26. The number of anilines is 3. The number of hydrogen-bond donors (Lipinski definition) is 2. The van der Waals surface area contributed by atoms with Crippen LogP contribution in [0.2, 0.25) is 0 Å². The normalized spacial score (nSPS) is 9.83. The first-order valence-electron chi connectivity index (χ1n) is 5.35. The van der Waals surface area contributed by atoms with Crippen LogP contribution >= 0.6 is 11.3 Å². The number of thiophene rings is 1. The molecule has 0 unspecified atom stereocenters. The molecule has 0 saturated heterocycles. The number of aryl methyl sites for hydroxylation is 1. The van der Waals surface area contributed by atoms with E-state index >= 15 is 0 Å². The second-order valence-corrected chi connectivity index (χ2v) is 4.97. The Labute approximate surface area is 110 Å². The third-order valence-corrected chi connectivity index (χ3v) is 3.63. The summed E-state index contributed by atoms with van der Waals surface area (Å²) in [6.45, 7) is 1.90. The quantitative estimate of drug-likeness (QED) is 0.887. The molecule has 0 amide bonds. The van der Waals surface area contributed by atoms with Gasteiger partial charge < -0.3 is 15.8 Å². The van der Waals surface area contributed by atoms with Crippen molar-refractivity contribution in [2.45, 2.75) is 6.92 Å². The molecule has 1 aromatic heterocycles. The highest BCUT2D eigenvalue weighted by atomic mass is 32.1. The molecular weight excluding hydrogens is 246 g/mol. The Hall–Kier alpha value is -2.19. The van der Waals surface area contributed by atoms with Crippen LogP contribution < -0.4 is 15.8 Å². The van der Waals surface area contributed by atoms with Gasteiger partial charge in [-0.05, 0) is 31.2 Å². The van der Waals surface area contributed by atoms with Crippen LogP contribution in [-0.4, -0.2) is 7.11 Å². The molecule has 0 aliphatic carbocycles. The van der Waals surface area contributed by atoms with Crippen LogP contribution in [0.4, 0.5) is 16.4 Å². The molecule has 0 fully saturated rings. The molecule has 1 aromatic carbocycles. The molecule has 4 nitrogen and oxygen atoms in total. The lowest BCUT2D eigenvalue weighted by molar-refractivity contribution is 0.415. The van der Waals surface area contributed by atoms with Crippen molar-refractivity contribution < 1.29 is 4.74 Å². The van der Waals surface area contributed by atoms with E-state index in [0.717, 1.165) is 21.3 Å². The van der Waals surface area contributed by atoms with Gasteiger partial charge in [0.25, 0.3) is 0 Å². The van der Waals surface area contributed by atoms with Gasteiger partial charge in [-0.3, -0.25) is 0 Å². The number of nitrogens with one attached hydrogen (secondary N) is 1. The van der Waals surface area contributed by atoms with Crippen LogP contribution in [0.3, 0.4) is 0 Å². The minimum absolute atomic E-state index is 0.508. The van der Waals surface area contributed by atoms with Gasteiger partial charge in [-0.2, -0.15) is 5.26 Å². The van der Waals surface area contributed by atoms with Crippen molar-refractivity contribution in [3.63, 3.8) is 0 Å². The number of nitrogen functional groups attached to an aromatic ring is 1. The number of benzene rings is 1. The predicted molar refractivity (Wildman–Crippen MR) is 74.5 cm³/mol. The van der Waals surface area contributed by atoms with Crippen LogP contribution in [0, 0.1) is 18.3 Å². The van der Waals surface area contributed by atoms with E-state index in [1.165, 1.54) is 11.3 Å². The molecule has 0 saturated carbocycles. The summed E-state index contributed by atoms with van der Waals surface area (Å²) in [7, 11) is 1.62. The standard InChI is InChI=1S/C13H13N3OS/c1-8-12(15)11(7-14)13(18-8)16-9-3-5-10(17-2)6-4-9/h3-6,16H,15H2,1-2H3. The zero-order valence-electron chi connectivity index (χ0n) is 10.2. The molecule has 2 rings (SSSR count). The zero-order valence-corrected chi connectivity index (χ0v) is 11.0. The maximum atomic E-state index is 9.09. The first kappa shape index (κ1) is 12.3. The van der Waals surface area contributed by atoms with Gasteiger partial charge in [-0.25, -0.2) is 0 Å². The second-order valence-electron chi connectivity index (χ2n) is 3.74. The number of hydrogen-bond acceptors (Lipinski definition) is 5. The van der Waals surface area contributed by atoms with Gasteiger partial charge in [-0.15, -0.1) is 11.3 Å². The van der Waals surface area contributed by atoms with Crippen LogP contribution in [0.5, 0.6) is 5.75 Å². The van der Waals surface area contributed by atoms with E-state index in [9.17, 15) is 0 Å². The molecule has 3 N–H and O–H groups in total. The molecule has 1 heterocycles. The summed E-state index contributed by atoms with van der Waals surface area (Å²) in [6, 6.07) is 9.63. The fourth-order valence-corrected chi connectivity index (χ4v) is 2.51. The van der Waals surface area contributed by atoms with Crippen molar-refractivity contribution in [3.05, 3.63) is 34.7 Å². The van der Waals surface area contributed by atoms with Crippen LogP contribution in [0.1, 0.15) is 10.4 Å². The number of ether oxygens (including phenoxy) is 1. The van der Waals surface area contributed by atoms with Gasteiger partial charge in [0, 0.05) is 10.6 Å². The van der Waals surface area contributed by atoms with Crippen molar-refractivity contribution in [1.82, 2.24) is 0 Å². The highest BCUT2D eigenvalue weighted by Gasteiger charge is 2.12. The van der Waals surface area contributed by atoms with E-state index in [-0.39, 0.29) is 0 Å². The van der Waals surface area contributed by atoms with Crippen LogP contribution in [-0.2, 0) is 0 Å². The number of nitrogens with zero attached hydrogens (tertiary/aromatic N) is 1. The third kappa shape index (κ3) is 2.24. The first-order chi connectivity index (χ1) is 8.65. The van der Waals surface area contributed by atoms with Gasteiger partial charge in [-0.1, -0.05) is 0 Å². The lowest BCUT2D eigenvalue weighted by Crippen LogP contribution is -1.92. The Kier molecular flexibility index (Phi) is 3.40. The van der Waals surface area contributed by atoms with E-state index < -0.39 is 0 Å². The number of rotatable bonds is 3. The lowest BCUT2D eigenvalue weighted by Gasteiger charge is -2.05. The van der Waals surface area contributed by atoms with Gasteiger partial charge in [0.15, 0.2) is 0 Å². The molecule has 0 spiro atoms. The van der Waals surface area contributed by atoms with Gasteiger partial charge >= 0.3 is 0 Å². The van der Waals surface area contributed by atoms with E-state index in [2.05, 4.69) is 11.4 Å². The average molecular weight is 259 g/mol. The molecule has 0 radical (unpaired) electrons. The monoisotopic (exact) mass is 259 g/mol. The Morgan fingerprint density at radius 1 is 1.33 bits per heavy atom. The summed E-state index contributed by atoms with van der Waals surface area (Å²) in [5.41, 5.74) is 7.80. The maximum Gasteiger partial charge on any atom is 0.119 e. The molecule has 0 atom stereocenters. The van der Waals surface area contributed by atoms with Crippen LogP contribution in [0.15, 0.2) is 24.3 Å². The summed E-state index contributed by atoms with van der Waals surface area (Å²) in [6.07, 6.45) is 0. The summed E-state index contributed by atoms with van der Waals surface area (Å²) >= 11 is 1.48. The molecule has 5 heteroatoms. The number of methoxy groups -OCH3 is 1. The lowest BCUT2D eigenvalue weighted by atomic mass is 10.2. The van der Waals surface area contributed by atoms with Gasteiger partial charge in [0.2, 0.25) is 0 Å². The van der Waals surface area contributed by atoms with E-state index in [4.69, 9.17) is 15.7 Å². The van der Waals surface area contributed by atoms with E-state index in [0.29, 0.717) is 11.3 Å². The molecule has 92 valence electrons. The molecule has 0 aliphatic heterocycles. The fraction of sp³-hybridized carbons (Fsp3) is 0.154. The first-order valence-corrected chi connectivity index (χ1v) is 6.17. The smallest absolute Gasteiger partial charge is 0.119 e. The van der Waals surface area contributed by atoms with Crippen molar-refractivity contribution >= 4 is 27.7 Å². The summed E-state index contributed by atoms with van der Waals surface area (Å²) < 4.78 is 5.09. The average Bonchev–Trinajstić information content (AvgIpc) is 2.65. The SMILES string of the molecule is COc1ccc(Nc2sc(C)c(N)c2C#N)cc1. The van der Waals surface area contributed by atoms with Gasteiger partial charge in [0.05, 0.1) is 12.8 Å². The minimum atomic E-state index is 0.508.